The summed E-state index contributed by atoms with van der Waals surface area (Å²) in [5, 5.41) is 4.65. The number of Topliss-reactive ketones (excluding diaryl/α,β-unsaturated/α-hetero) is 1. The number of hydrogen-bond acceptors (Lipinski definition) is 9. The van der Waals surface area contributed by atoms with Crippen molar-refractivity contribution in [2.45, 2.75) is 50.8 Å². The minimum absolute atomic E-state index is 0.106. The van der Waals surface area contributed by atoms with Crippen LogP contribution in [0.1, 0.15) is 44.3 Å². The average molecular weight is 725 g/mol. The fourth-order valence-corrected chi connectivity index (χ4v) is 9.77. The Balaban J connectivity index is 1.02. The van der Waals surface area contributed by atoms with E-state index in [1.54, 1.807) is 13.3 Å². The van der Waals surface area contributed by atoms with Gasteiger partial charge in [-0.3, -0.25) is 14.4 Å². The summed E-state index contributed by atoms with van der Waals surface area (Å²) in [4.78, 5) is 47.5. The number of halogens is 1. The van der Waals surface area contributed by atoms with E-state index in [1.165, 1.54) is 6.08 Å². The number of rotatable bonds is 9. The maximum atomic E-state index is 15.9. The molecular formula is C42H49FN4O6. The number of benzene rings is 2. The standard InChI is InChI=1S/C42H49FN4O6/c1-5-25-17-28-10-9-27(25)18-32(28)40(30-8-6-7-26-11-12-29(51-4)19-31(26)30)53-36(48)21-44-42(50)34-22-47-24(2)23-52-41-37(47)33(39(34)49)20-35(43)38(41)46-15-13-45(3)14-16-46/h5-8,11-12,19-20,22,24-25,27-28,32-33,37,40H,1,9-10,13-18,21,23H2,2-4H3,(H,44,50)/t24-,25?,27?,28?,32?,33?,37?,40+/m0/s1. The van der Waals surface area contributed by atoms with Crippen LogP contribution in [-0.2, 0) is 23.9 Å². The van der Waals surface area contributed by atoms with Crippen molar-refractivity contribution < 1.29 is 33.0 Å². The highest BCUT2D eigenvalue weighted by molar-refractivity contribution is 6.21. The Morgan fingerprint density at radius 1 is 1.11 bits per heavy atom. The van der Waals surface area contributed by atoms with Crippen LogP contribution in [0.3, 0.4) is 0 Å². The summed E-state index contributed by atoms with van der Waals surface area (Å²) in [5.74, 6) is -0.650. The molecule has 4 aliphatic carbocycles. The van der Waals surface area contributed by atoms with Crippen molar-refractivity contribution >= 4 is 28.4 Å². The van der Waals surface area contributed by atoms with Gasteiger partial charge in [-0.05, 0) is 86.4 Å². The van der Waals surface area contributed by atoms with Gasteiger partial charge < -0.3 is 34.2 Å². The molecule has 2 aromatic carbocycles. The molecule has 1 N–H and O–H groups in total. The van der Waals surface area contributed by atoms with Crippen LogP contribution in [0, 0.1) is 29.6 Å². The number of methoxy groups -OCH3 is 1. The SMILES string of the molecule is C=CC1CC2CCC1CC2[C@H](OC(=O)CNC(=O)C1=CN2C3C(=C(N4CCN(C)CC4)C(F)=CC3C1=O)OC[C@@H]2C)c1cccc2ccc(OC)cc12. The van der Waals surface area contributed by atoms with Gasteiger partial charge in [-0.2, -0.15) is 0 Å². The summed E-state index contributed by atoms with van der Waals surface area (Å²) in [6.45, 7) is 8.79. The number of likely N-dealkylation sites (N-methyl/N-ethyl adjacent to an activating group) is 1. The number of nitrogens with zero attached hydrogens (tertiary/aromatic N) is 3. The van der Waals surface area contributed by atoms with Crippen LogP contribution in [0.2, 0.25) is 0 Å². The zero-order valence-electron chi connectivity index (χ0n) is 30.8. The Hall–Kier alpha value is -4.64. The number of allylic oxidation sites excluding steroid dienone is 2. The topological polar surface area (TPSA) is 101 Å². The second-order valence-corrected chi connectivity index (χ2v) is 15.7. The van der Waals surface area contributed by atoms with E-state index in [0.29, 0.717) is 48.0 Å². The van der Waals surface area contributed by atoms with Gasteiger partial charge in [0, 0.05) is 43.9 Å². The van der Waals surface area contributed by atoms with Gasteiger partial charge in [-0.1, -0.05) is 30.3 Å². The maximum Gasteiger partial charge on any atom is 0.326 e. The third kappa shape index (κ3) is 6.40. The van der Waals surface area contributed by atoms with E-state index in [9.17, 15) is 14.4 Å². The van der Waals surface area contributed by atoms with Crippen molar-refractivity contribution in [3.05, 3.63) is 89.7 Å². The first-order chi connectivity index (χ1) is 25.6. The number of esters is 1. The van der Waals surface area contributed by atoms with E-state index in [1.807, 2.05) is 60.2 Å². The van der Waals surface area contributed by atoms with Crippen LogP contribution in [-0.4, -0.2) is 97.9 Å². The fourth-order valence-electron chi connectivity index (χ4n) is 9.77. The lowest BCUT2D eigenvalue weighted by Gasteiger charge is -2.49. The first-order valence-electron chi connectivity index (χ1n) is 19.0. The zero-order chi connectivity index (χ0) is 37.0. The van der Waals surface area contributed by atoms with Crippen molar-refractivity contribution in [3.63, 3.8) is 0 Å². The van der Waals surface area contributed by atoms with Crippen molar-refractivity contribution in [3.8, 4) is 5.75 Å². The summed E-state index contributed by atoms with van der Waals surface area (Å²) in [6.07, 6.45) is 8.59. The average Bonchev–Trinajstić information content (AvgIpc) is 3.18. The van der Waals surface area contributed by atoms with Gasteiger partial charge >= 0.3 is 5.97 Å². The van der Waals surface area contributed by atoms with Crippen LogP contribution in [0.5, 0.6) is 5.75 Å². The highest BCUT2D eigenvalue weighted by Gasteiger charge is 2.50. The first kappa shape index (κ1) is 35.4. The quantitative estimate of drug-likeness (QED) is 0.210. The molecule has 7 aliphatic rings. The van der Waals surface area contributed by atoms with Gasteiger partial charge in [0.15, 0.2) is 5.78 Å². The predicted molar refractivity (Wildman–Crippen MR) is 198 cm³/mol. The molecule has 2 bridgehead atoms. The molecule has 280 valence electrons. The number of carbonyl (C=O) groups excluding carboxylic acids is 3. The molecule has 2 aromatic rings. The van der Waals surface area contributed by atoms with Gasteiger partial charge in [-0.15, -0.1) is 6.58 Å². The number of ether oxygens (including phenoxy) is 3. The smallest absolute Gasteiger partial charge is 0.326 e. The maximum absolute atomic E-state index is 15.9. The highest BCUT2D eigenvalue weighted by Crippen LogP contribution is 2.54. The molecule has 0 spiro atoms. The van der Waals surface area contributed by atoms with Crippen LogP contribution >= 0.6 is 0 Å². The number of fused-ring (bicyclic) bond motifs is 4. The van der Waals surface area contributed by atoms with E-state index < -0.39 is 48.1 Å². The summed E-state index contributed by atoms with van der Waals surface area (Å²) >= 11 is 0. The normalized spacial score (nSPS) is 30.2. The number of carbonyl (C=O) groups is 3. The van der Waals surface area contributed by atoms with Crippen molar-refractivity contribution in [1.82, 2.24) is 20.0 Å². The Morgan fingerprint density at radius 2 is 1.91 bits per heavy atom. The first-order valence-corrected chi connectivity index (χ1v) is 19.0. The second-order valence-electron chi connectivity index (χ2n) is 15.7. The molecule has 10 nitrogen and oxygen atoms in total. The molecular weight excluding hydrogens is 675 g/mol. The Kier molecular flexibility index (Phi) is 9.55. The lowest BCUT2D eigenvalue weighted by Crippen LogP contribution is -2.58. The van der Waals surface area contributed by atoms with Gasteiger partial charge in [0.1, 0.15) is 48.3 Å². The Bertz CT molecular complexity index is 1920. The molecule has 3 aliphatic heterocycles. The summed E-state index contributed by atoms with van der Waals surface area (Å²) in [6, 6.07) is 11.2. The van der Waals surface area contributed by atoms with Gasteiger partial charge in [0.05, 0.1) is 24.6 Å². The highest BCUT2D eigenvalue weighted by atomic mass is 19.1. The Morgan fingerprint density at radius 3 is 2.64 bits per heavy atom. The molecule has 6 unspecified atom stereocenters. The summed E-state index contributed by atoms with van der Waals surface area (Å²) in [5.41, 5.74) is 1.20. The van der Waals surface area contributed by atoms with Crippen LogP contribution in [0.15, 0.2) is 84.2 Å². The predicted octanol–water partition coefficient (Wildman–Crippen LogP) is 5.29. The molecule has 8 atom stereocenters. The number of ketones is 1. The van der Waals surface area contributed by atoms with E-state index in [0.717, 1.165) is 55.1 Å². The summed E-state index contributed by atoms with van der Waals surface area (Å²) < 4.78 is 34.0. The van der Waals surface area contributed by atoms with E-state index in [2.05, 4.69) is 22.9 Å². The minimum atomic E-state index is -0.935. The largest absolute Gasteiger partial charge is 0.497 e. The van der Waals surface area contributed by atoms with Crippen LogP contribution < -0.4 is 10.1 Å². The number of nitrogens with one attached hydrogen (secondary N) is 1. The van der Waals surface area contributed by atoms with E-state index in [-0.39, 0.29) is 24.1 Å². The van der Waals surface area contributed by atoms with Crippen LogP contribution in [0.4, 0.5) is 4.39 Å². The number of morpholine rings is 1. The van der Waals surface area contributed by atoms with Gasteiger partial charge in [0.2, 0.25) is 0 Å². The number of piperazine rings is 1. The molecule has 3 saturated carbocycles. The molecule has 9 rings (SSSR count). The van der Waals surface area contributed by atoms with Gasteiger partial charge in [0.25, 0.3) is 5.91 Å². The second kappa shape index (κ2) is 14.3. The third-order valence-electron chi connectivity index (χ3n) is 12.7. The Labute approximate surface area is 310 Å². The lowest BCUT2D eigenvalue weighted by molar-refractivity contribution is -0.156. The van der Waals surface area contributed by atoms with E-state index in [4.69, 9.17) is 14.2 Å². The van der Waals surface area contributed by atoms with Crippen LogP contribution in [0.25, 0.3) is 10.8 Å². The molecule has 3 heterocycles. The lowest BCUT2D eigenvalue weighted by atomic mass is 9.58. The number of amides is 1. The van der Waals surface area contributed by atoms with Gasteiger partial charge in [-0.25, -0.2) is 4.39 Å². The fraction of sp³-hybridized carbons (Fsp3) is 0.500. The molecule has 0 aromatic heterocycles. The van der Waals surface area contributed by atoms with Crippen molar-refractivity contribution in [2.75, 3.05) is 53.5 Å². The molecule has 11 heteroatoms. The third-order valence-corrected chi connectivity index (χ3v) is 12.7. The van der Waals surface area contributed by atoms with Crippen molar-refractivity contribution in [2.24, 2.45) is 29.6 Å². The summed E-state index contributed by atoms with van der Waals surface area (Å²) in [7, 11) is 3.67. The minimum Gasteiger partial charge on any atom is -0.497 e. The monoisotopic (exact) mass is 724 g/mol. The molecule has 2 saturated heterocycles. The molecule has 5 fully saturated rings. The number of hydrogen-bond donors (Lipinski definition) is 1. The molecule has 53 heavy (non-hydrogen) atoms. The molecule has 1 amide bonds. The zero-order valence-corrected chi connectivity index (χ0v) is 30.8. The van der Waals surface area contributed by atoms with Crippen molar-refractivity contribution in [1.29, 1.82) is 0 Å². The molecule has 0 radical (unpaired) electrons. The van der Waals surface area contributed by atoms with E-state index >= 15 is 4.39 Å².